The average Bonchev–Trinajstić information content (AvgIpc) is 2.55. The quantitative estimate of drug-likeness (QED) is 0.879. The van der Waals surface area contributed by atoms with Gasteiger partial charge in [0.05, 0.1) is 23.1 Å². The second kappa shape index (κ2) is 7.38. The first-order valence-electron chi connectivity index (χ1n) is 7.14. The Balaban J connectivity index is 2.39. The number of aliphatic hydroxyl groups excluding tert-OH is 1. The lowest BCUT2D eigenvalue weighted by molar-refractivity contribution is 0.251. The SMILES string of the molecule is Cc1cc(C#N)ccc1S(=O)(=O)N(CCO)Cc1ccccc1. The minimum Gasteiger partial charge on any atom is -0.395 e. The van der Waals surface area contributed by atoms with Crippen LogP contribution in [-0.2, 0) is 16.6 Å². The Hall–Kier alpha value is -2.20. The van der Waals surface area contributed by atoms with Gasteiger partial charge in [0, 0.05) is 13.1 Å². The lowest BCUT2D eigenvalue weighted by Gasteiger charge is -2.22. The van der Waals surface area contributed by atoms with Crippen molar-refractivity contribution in [3.8, 4) is 6.07 Å². The Labute approximate surface area is 136 Å². The first kappa shape index (κ1) is 17.2. The van der Waals surface area contributed by atoms with E-state index in [9.17, 15) is 13.5 Å². The summed E-state index contributed by atoms with van der Waals surface area (Å²) in [6.45, 7) is 1.59. The van der Waals surface area contributed by atoms with E-state index in [4.69, 9.17) is 5.26 Å². The number of sulfonamides is 1. The van der Waals surface area contributed by atoms with Crippen molar-refractivity contribution >= 4 is 10.0 Å². The van der Waals surface area contributed by atoms with Gasteiger partial charge in [-0.2, -0.15) is 9.57 Å². The predicted molar refractivity (Wildman–Crippen MR) is 87.0 cm³/mol. The number of benzene rings is 2. The van der Waals surface area contributed by atoms with Crippen LogP contribution in [0.1, 0.15) is 16.7 Å². The number of hydrogen-bond acceptors (Lipinski definition) is 4. The Kier molecular flexibility index (Phi) is 5.50. The molecule has 0 bridgehead atoms. The Bertz CT molecular complexity index is 811. The van der Waals surface area contributed by atoms with Crippen LogP contribution in [0, 0.1) is 18.3 Å². The lowest BCUT2D eigenvalue weighted by Crippen LogP contribution is -2.33. The van der Waals surface area contributed by atoms with Crippen molar-refractivity contribution in [3.05, 3.63) is 65.2 Å². The first-order chi connectivity index (χ1) is 11.0. The van der Waals surface area contributed by atoms with Gasteiger partial charge in [0.25, 0.3) is 0 Å². The Morgan fingerprint density at radius 2 is 1.87 bits per heavy atom. The summed E-state index contributed by atoms with van der Waals surface area (Å²) in [6, 6.07) is 15.7. The van der Waals surface area contributed by atoms with Crippen molar-refractivity contribution in [1.29, 1.82) is 5.26 Å². The van der Waals surface area contributed by atoms with E-state index in [-0.39, 0.29) is 24.6 Å². The molecule has 1 N–H and O–H groups in total. The molecule has 0 unspecified atom stereocenters. The average molecular weight is 330 g/mol. The largest absolute Gasteiger partial charge is 0.395 e. The minimum absolute atomic E-state index is 0.0106. The normalized spacial score (nSPS) is 11.4. The predicted octanol–water partition coefficient (Wildman–Crippen LogP) is 2.05. The van der Waals surface area contributed by atoms with Crippen molar-refractivity contribution < 1.29 is 13.5 Å². The fraction of sp³-hybridized carbons (Fsp3) is 0.235. The second-order valence-corrected chi connectivity index (χ2v) is 7.05. The van der Waals surface area contributed by atoms with Crippen LogP contribution in [0.2, 0.25) is 0 Å². The van der Waals surface area contributed by atoms with Gasteiger partial charge in [-0.25, -0.2) is 8.42 Å². The second-order valence-electron chi connectivity index (χ2n) is 5.14. The number of aliphatic hydroxyl groups is 1. The van der Waals surface area contributed by atoms with Gasteiger partial charge in [0.15, 0.2) is 0 Å². The molecule has 120 valence electrons. The molecule has 0 aliphatic carbocycles. The van der Waals surface area contributed by atoms with E-state index in [2.05, 4.69) is 0 Å². The van der Waals surface area contributed by atoms with E-state index in [0.717, 1.165) is 5.56 Å². The first-order valence-corrected chi connectivity index (χ1v) is 8.58. The maximum absolute atomic E-state index is 12.9. The van der Waals surface area contributed by atoms with Gasteiger partial charge in [-0.3, -0.25) is 0 Å². The van der Waals surface area contributed by atoms with Gasteiger partial charge in [-0.1, -0.05) is 30.3 Å². The molecule has 6 heteroatoms. The maximum Gasteiger partial charge on any atom is 0.243 e. The standard InChI is InChI=1S/C17H18N2O3S/c1-14-11-16(12-18)7-8-17(14)23(21,22)19(9-10-20)13-15-5-3-2-4-6-15/h2-8,11,20H,9-10,13H2,1H3. The molecule has 23 heavy (non-hydrogen) atoms. The third-order valence-corrected chi connectivity index (χ3v) is 5.48. The van der Waals surface area contributed by atoms with Crippen LogP contribution >= 0.6 is 0 Å². The van der Waals surface area contributed by atoms with Crippen LogP contribution in [0.25, 0.3) is 0 Å². The minimum atomic E-state index is -3.75. The van der Waals surface area contributed by atoms with Crippen molar-refractivity contribution in [2.75, 3.05) is 13.2 Å². The molecule has 0 aliphatic heterocycles. The van der Waals surface area contributed by atoms with Crippen LogP contribution in [-0.4, -0.2) is 31.0 Å². The third kappa shape index (κ3) is 3.96. The Morgan fingerprint density at radius 1 is 1.17 bits per heavy atom. The molecule has 0 spiro atoms. The fourth-order valence-electron chi connectivity index (χ4n) is 2.33. The fourth-order valence-corrected chi connectivity index (χ4v) is 3.96. The summed E-state index contributed by atoms with van der Waals surface area (Å²) in [7, 11) is -3.75. The molecule has 0 saturated carbocycles. The number of hydrogen-bond donors (Lipinski definition) is 1. The molecular formula is C17H18N2O3S. The molecule has 0 radical (unpaired) electrons. The molecule has 2 aromatic carbocycles. The highest BCUT2D eigenvalue weighted by molar-refractivity contribution is 7.89. The molecule has 0 fully saturated rings. The number of nitriles is 1. The van der Waals surface area contributed by atoms with Crippen molar-refractivity contribution in [2.24, 2.45) is 0 Å². The van der Waals surface area contributed by atoms with Crippen molar-refractivity contribution in [2.45, 2.75) is 18.4 Å². The molecule has 0 heterocycles. The molecule has 0 aromatic heterocycles. The molecule has 0 atom stereocenters. The van der Waals surface area contributed by atoms with E-state index < -0.39 is 10.0 Å². The topological polar surface area (TPSA) is 81.4 Å². The van der Waals surface area contributed by atoms with Gasteiger partial charge in [0.2, 0.25) is 10.0 Å². The summed E-state index contributed by atoms with van der Waals surface area (Å²) in [5.74, 6) is 0. The van der Waals surface area contributed by atoms with Crippen LogP contribution in [0.4, 0.5) is 0 Å². The van der Waals surface area contributed by atoms with E-state index in [0.29, 0.717) is 11.1 Å². The van der Waals surface area contributed by atoms with Gasteiger partial charge in [-0.05, 0) is 36.2 Å². The number of aryl methyl sites for hydroxylation is 1. The molecule has 0 amide bonds. The van der Waals surface area contributed by atoms with Crippen LogP contribution < -0.4 is 0 Å². The summed E-state index contributed by atoms with van der Waals surface area (Å²) >= 11 is 0. The van der Waals surface area contributed by atoms with E-state index >= 15 is 0 Å². The van der Waals surface area contributed by atoms with Gasteiger partial charge < -0.3 is 5.11 Å². The highest BCUT2D eigenvalue weighted by Gasteiger charge is 2.26. The lowest BCUT2D eigenvalue weighted by atomic mass is 10.2. The zero-order chi connectivity index (χ0) is 16.9. The van der Waals surface area contributed by atoms with Crippen LogP contribution in [0.5, 0.6) is 0 Å². The zero-order valence-corrected chi connectivity index (χ0v) is 13.6. The highest BCUT2D eigenvalue weighted by atomic mass is 32.2. The summed E-state index contributed by atoms with van der Waals surface area (Å²) in [4.78, 5) is 0.154. The maximum atomic E-state index is 12.9. The summed E-state index contributed by atoms with van der Waals surface area (Å²) < 4.78 is 27.0. The monoisotopic (exact) mass is 330 g/mol. The molecule has 5 nitrogen and oxygen atoms in total. The summed E-state index contributed by atoms with van der Waals surface area (Å²) in [6.07, 6.45) is 0. The molecule has 2 rings (SSSR count). The number of rotatable bonds is 6. The van der Waals surface area contributed by atoms with Crippen molar-refractivity contribution in [1.82, 2.24) is 4.31 Å². The smallest absolute Gasteiger partial charge is 0.243 e. The van der Waals surface area contributed by atoms with Crippen molar-refractivity contribution in [3.63, 3.8) is 0 Å². The van der Waals surface area contributed by atoms with Gasteiger partial charge in [-0.15, -0.1) is 0 Å². The van der Waals surface area contributed by atoms with E-state index in [1.165, 1.54) is 16.4 Å². The molecule has 0 aliphatic rings. The molecule has 2 aromatic rings. The Morgan fingerprint density at radius 3 is 2.43 bits per heavy atom. The van der Waals surface area contributed by atoms with E-state index in [1.54, 1.807) is 13.0 Å². The molecule has 0 saturated heterocycles. The zero-order valence-electron chi connectivity index (χ0n) is 12.8. The van der Waals surface area contributed by atoms with E-state index in [1.807, 2.05) is 36.4 Å². The third-order valence-electron chi connectivity index (χ3n) is 3.47. The number of nitrogens with zero attached hydrogens (tertiary/aromatic N) is 2. The summed E-state index contributed by atoms with van der Waals surface area (Å²) in [5.41, 5.74) is 1.77. The highest BCUT2D eigenvalue weighted by Crippen LogP contribution is 2.22. The van der Waals surface area contributed by atoms with Gasteiger partial charge >= 0.3 is 0 Å². The van der Waals surface area contributed by atoms with Crippen LogP contribution in [0.3, 0.4) is 0 Å². The van der Waals surface area contributed by atoms with Crippen LogP contribution in [0.15, 0.2) is 53.4 Å². The van der Waals surface area contributed by atoms with Gasteiger partial charge in [0.1, 0.15) is 0 Å². The molecular weight excluding hydrogens is 312 g/mol. The summed E-state index contributed by atoms with van der Waals surface area (Å²) in [5, 5.41) is 18.1.